The summed E-state index contributed by atoms with van der Waals surface area (Å²) in [7, 11) is -2.39. The molecule has 0 atom stereocenters. The van der Waals surface area contributed by atoms with E-state index >= 15 is 0 Å². The van der Waals surface area contributed by atoms with Gasteiger partial charge in [-0.05, 0) is 12.1 Å². The number of nitrogens with zero attached hydrogens (tertiary/aromatic N) is 2. The fourth-order valence-electron chi connectivity index (χ4n) is 1.05. The minimum Gasteiger partial charge on any atom is -0.349 e. The van der Waals surface area contributed by atoms with Crippen molar-refractivity contribution < 1.29 is 16.8 Å². The Morgan fingerprint density at radius 1 is 1.21 bits per heavy atom. The van der Waals surface area contributed by atoms with Crippen molar-refractivity contribution in [3.05, 3.63) is 18.2 Å². The van der Waals surface area contributed by atoms with Crippen molar-refractivity contribution >= 4 is 16.1 Å². The van der Waals surface area contributed by atoms with Crippen molar-refractivity contribution in [3.63, 3.8) is 0 Å². The minimum absolute atomic E-state index is 0.134. The summed E-state index contributed by atoms with van der Waals surface area (Å²) >= 11 is 0. The van der Waals surface area contributed by atoms with Gasteiger partial charge in [0, 0.05) is 13.1 Å². The van der Waals surface area contributed by atoms with Gasteiger partial charge in [-0.2, -0.15) is 10.2 Å². The molecule has 2 rings (SSSR count). The van der Waals surface area contributed by atoms with Crippen LogP contribution < -0.4 is 8.37 Å². The smallest absolute Gasteiger partial charge is 0.349 e. The van der Waals surface area contributed by atoms with Crippen LogP contribution in [0.25, 0.3) is 0 Å². The summed E-state index contributed by atoms with van der Waals surface area (Å²) < 4.78 is 30.8. The molecule has 0 bridgehead atoms. The molecule has 0 radical (unpaired) electrons. The normalized spacial score (nSPS) is 17.5. The van der Waals surface area contributed by atoms with Gasteiger partial charge in [-0.25, -0.2) is 0 Å². The van der Waals surface area contributed by atoms with Crippen molar-refractivity contribution in [1.82, 2.24) is 0 Å². The number of fused-ring (bicyclic) bond motifs is 1. The summed E-state index contributed by atoms with van der Waals surface area (Å²) in [5, 5.41) is 7.27. The van der Waals surface area contributed by atoms with Gasteiger partial charge in [0.2, 0.25) is 0 Å². The van der Waals surface area contributed by atoms with Crippen molar-refractivity contribution in [2.45, 2.75) is 0 Å². The lowest BCUT2D eigenvalue weighted by atomic mass is 10.3. The Morgan fingerprint density at radius 2 is 1.93 bits per heavy atom. The highest BCUT2D eigenvalue weighted by molar-refractivity contribution is 7.82. The Balaban J connectivity index is 2.45. The third-order valence-electron chi connectivity index (χ3n) is 1.53. The standard InChI is InChI=1S/C7H6N2O4S/c1-8-9-5-2-3-6-7(4-5)13-14(10,11)12-6/h2-4H,1H3. The Morgan fingerprint density at radius 3 is 2.64 bits per heavy atom. The van der Waals surface area contributed by atoms with Crippen LogP contribution in [-0.2, 0) is 10.4 Å². The number of azo groups is 1. The van der Waals surface area contributed by atoms with E-state index in [1.165, 1.54) is 19.2 Å². The van der Waals surface area contributed by atoms with E-state index in [-0.39, 0.29) is 11.5 Å². The van der Waals surface area contributed by atoms with Gasteiger partial charge in [-0.3, -0.25) is 0 Å². The second kappa shape index (κ2) is 2.95. The minimum atomic E-state index is -3.91. The highest BCUT2D eigenvalue weighted by atomic mass is 32.3. The van der Waals surface area contributed by atoms with Crippen LogP contribution in [0.1, 0.15) is 0 Å². The molecular weight excluding hydrogens is 208 g/mol. The number of hydrogen-bond donors (Lipinski definition) is 0. The first-order valence-electron chi connectivity index (χ1n) is 3.68. The molecule has 0 fully saturated rings. The van der Waals surface area contributed by atoms with Crippen molar-refractivity contribution in [2.75, 3.05) is 7.05 Å². The quantitative estimate of drug-likeness (QED) is 0.662. The Labute approximate surface area is 80.5 Å². The molecule has 6 nitrogen and oxygen atoms in total. The molecule has 0 unspecified atom stereocenters. The first-order valence-corrected chi connectivity index (χ1v) is 5.02. The molecule has 0 amide bonds. The fourth-order valence-corrected chi connectivity index (χ4v) is 1.79. The number of benzene rings is 1. The zero-order valence-corrected chi connectivity index (χ0v) is 7.98. The third-order valence-corrected chi connectivity index (χ3v) is 2.29. The average Bonchev–Trinajstić information content (AvgIpc) is 2.38. The molecule has 1 aliphatic heterocycles. The molecular formula is C7H6N2O4S. The summed E-state index contributed by atoms with van der Waals surface area (Å²) in [6.45, 7) is 0. The molecule has 74 valence electrons. The van der Waals surface area contributed by atoms with Crippen molar-refractivity contribution in [2.24, 2.45) is 10.2 Å². The second-order valence-corrected chi connectivity index (χ2v) is 3.66. The van der Waals surface area contributed by atoms with Crippen molar-refractivity contribution in [3.8, 4) is 11.5 Å². The number of hydrogen-bond acceptors (Lipinski definition) is 6. The zero-order chi connectivity index (χ0) is 10.2. The highest BCUT2D eigenvalue weighted by Gasteiger charge is 2.28. The molecule has 7 heteroatoms. The molecule has 14 heavy (non-hydrogen) atoms. The van der Waals surface area contributed by atoms with Gasteiger partial charge < -0.3 is 8.37 Å². The summed E-state index contributed by atoms with van der Waals surface area (Å²) in [5.74, 6) is 0.301. The first kappa shape index (κ1) is 8.95. The van der Waals surface area contributed by atoms with E-state index in [1.54, 1.807) is 6.07 Å². The first-order chi connectivity index (χ1) is 6.61. The molecule has 1 aromatic rings. The van der Waals surface area contributed by atoms with Gasteiger partial charge in [0.05, 0.1) is 5.69 Å². The largest absolute Gasteiger partial charge is 0.501 e. The highest BCUT2D eigenvalue weighted by Crippen LogP contribution is 2.38. The van der Waals surface area contributed by atoms with E-state index < -0.39 is 10.4 Å². The van der Waals surface area contributed by atoms with Crippen molar-refractivity contribution in [1.29, 1.82) is 0 Å². The molecule has 0 aromatic heterocycles. The maximum Gasteiger partial charge on any atom is 0.501 e. The van der Waals surface area contributed by atoms with E-state index in [2.05, 4.69) is 18.6 Å². The van der Waals surface area contributed by atoms with Crippen LogP contribution in [0.5, 0.6) is 11.5 Å². The molecule has 0 saturated heterocycles. The van der Waals surface area contributed by atoms with Gasteiger partial charge in [-0.15, -0.1) is 8.42 Å². The molecule has 1 aliphatic rings. The average molecular weight is 214 g/mol. The van der Waals surface area contributed by atoms with Crippen LogP contribution in [0.4, 0.5) is 5.69 Å². The fraction of sp³-hybridized carbons (Fsp3) is 0.143. The SMILES string of the molecule is CN=Nc1ccc2c(c1)OS(=O)(=O)O2. The Kier molecular flexibility index (Phi) is 1.88. The lowest BCUT2D eigenvalue weighted by Gasteiger charge is -1.92. The van der Waals surface area contributed by atoms with Gasteiger partial charge in [0.1, 0.15) is 0 Å². The topological polar surface area (TPSA) is 77.3 Å². The van der Waals surface area contributed by atoms with E-state index in [0.717, 1.165) is 0 Å². The monoisotopic (exact) mass is 214 g/mol. The van der Waals surface area contributed by atoms with E-state index in [0.29, 0.717) is 5.69 Å². The van der Waals surface area contributed by atoms with Crippen LogP contribution >= 0.6 is 0 Å². The van der Waals surface area contributed by atoms with Crippen LogP contribution in [0.2, 0.25) is 0 Å². The maximum atomic E-state index is 10.9. The van der Waals surface area contributed by atoms with Gasteiger partial charge in [-0.1, -0.05) is 0 Å². The molecule has 1 heterocycles. The summed E-state index contributed by atoms with van der Waals surface area (Å²) in [4.78, 5) is 0. The predicted octanol–water partition coefficient (Wildman–Crippen LogP) is 1.42. The maximum absolute atomic E-state index is 10.9. The molecule has 0 aliphatic carbocycles. The Hall–Kier alpha value is -1.63. The predicted molar refractivity (Wildman–Crippen MR) is 47.1 cm³/mol. The lowest BCUT2D eigenvalue weighted by molar-refractivity contribution is 0.436. The molecule has 1 aromatic carbocycles. The van der Waals surface area contributed by atoms with Crippen LogP contribution in [0.3, 0.4) is 0 Å². The second-order valence-electron chi connectivity index (χ2n) is 2.51. The third kappa shape index (κ3) is 1.53. The summed E-state index contributed by atoms with van der Waals surface area (Å²) in [5.41, 5.74) is 0.506. The van der Waals surface area contributed by atoms with Crippen LogP contribution in [0.15, 0.2) is 28.4 Å². The van der Waals surface area contributed by atoms with Gasteiger partial charge in [0.25, 0.3) is 0 Å². The lowest BCUT2D eigenvalue weighted by Crippen LogP contribution is -2.07. The number of rotatable bonds is 1. The van der Waals surface area contributed by atoms with Crippen LogP contribution in [-0.4, -0.2) is 15.5 Å². The van der Waals surface area contributed by atoms with E-state index in [9.17, 15) is 8.42 Å². The summed E-state index contributed by atoms with van der Waals surface area (Å²) in [6, 6.07) is 4.48. The van der Waals surface area contributed by atoms with E-state index in [4.69, 9.17) is 0 Å². The van der Waals surface area contributed by atoms with Gasteiger partial charge >= 0.3 is 10.4 Å². The molecule has 0 saturated carbocycles. The molecule has 0 spiro atoms. The molecule has 0 N–H and O–H groups in total. The zero-order valence-electron chi connectivity index (χ0n) is 7.17. The summed E-state index contributed by atoms with van der Waals surface area (Å²) in [6.07, 6.45) is 0. The van der Waals surface area contributed by atoms with Crippen LogP contribution in [0, 0.1) is 0 Å². The van der Waals surface area contributed by atoms with Gasteiger partial charge in [0.15, 0.2) is 11.5 Å². The van der Waals surface area contributed by atoms with E-state index in [1.807, 2.05) is 0 Å². The Bertz CT molecular complexity index is 494.